The number of ether oxygens (including phenoxy) is 3. The highest BCUT2D eigenvalue weighted by Crippen LogP contribution is 2.37. The fourth-order valence-corrected chi connectivity index (χ4v) is 7.23. The van der Waals surface area contributed by atoms with Gasteiger partial charge in [-0.05, 0) is 58.0 Å². The molecule has 2 aromatic heterocycles. The second kappa shape index (κ2) is 16.0. The van der Waals surface area contributed by atoms with Gasteiger partial charge in [-0.15, -0.1) is 0 Å². The first-order valence-electron chi connectivity index (χ1n) is 17.2. The Morgan fingerprint density at radius 1 is 0.745 bits per heavy atom. The lowest BCUT2D eigenvalue weighted by atomic mass is 9.99. The van der Waals surface area contributed by atoms with Crippen LogP contribution in [0.4, 0.5) is 0 Å². The van der Waals surface area contributed by atoms with Gasteiger partial charge in [0, 0.05) is 40.6 Å². The van der Waals surface area contributed by atoms with Gasteiger partial charge in [0.05, 0.1) is 32.0 Å². The Morgan fingerprint density at radius 3 is 1.81 bits per heavy atom. The topological polar surface area (TPSA) is 77.7 Å². The summed E-state index contributed by atoms with van der Waals surface area (Å²) in [6, 6.07) is 16.8. The first-order chi connectivity index (χ1) is 22.4. The Kier molecular flexibility index (Phi) is 12.3. The molecule has 9 heteroatoms. The fraction of sp³-hybridized carbons (Fsp3) is 0.579. The molecular formula is C38H54N2O5Si2. The molecule has 5 rings (SSSR count). The maximum atomic E-state index is 6.78. The number of benzene rings is 2. The molecule has 4 aromatic rings. The quantitative estimate of drug-likeness (QED) is 0.0871. The SMILES string of the molecule is CC(C)C(C)(C)[Si]O[C@H]1C[C@@H](O[Si]C(C)(C)C(C)C)[C@@H](OCCc2c[nH]c3ccccc23)O[C@@H]1COCCc1c[nH]c2ccccc12. The first kappa shape index (κ1) is 36.0. The molecule has 3 heterocycles. The lowest BCUT2D eigenvalue weighted by Crippen LogP contribution is -2.53. The van der Waals surface area contributed by atoms with Crippen molar-refractivity contribution in [1.82, 2.24) is 9.97 Å². The molecule has 1 saturated heterocycles. The number of aromatic amines is 2. The van der Waals surface area contributed by atoms with Crippen molar-refractivity contribution >= 4 is 41.3 Å². The van der Waals surface area contributed by atoms with Gasteiger partial charge in [0.1, 0.15) is 6.10 Å². The van der Waals surface area contributed by atoms with Crippen LogP contribution in [0.2, 0.25) is 10.1 Å². The van der Waals surface area contributed by atoms with Gasteiger partial charge in [-0.3, -0.25) is 0 Å². The highest BCUT2D eigenvalue weighted by atomic mass is 28.2. The van der Waals surface area contributed by atoms with E-state index < -0.39 is 6.29 Å². The van der Waals surface area contributed by atoms with E-state index in [0.29, 0.717) is 57.6 Å². The molecule has 254 valence electrons. The highest BCUT2D eigenvalue weighted by Gasteiger charge is 2.42. The molecule has 0 unspecified atom stereocenters. The van der Waals surface area contributed by atoms with E-state index in [1.807, 2.05) is 0 Å². The third kappa shape index (κ3) is 9.26. The number of para-hydroxylation sites is 2. The molecule has 0 aliphatic carbocycles. The van der Waals surface area contributed by atoms with Gasteiger partial charge in [0.2, 0.25) is 19.5 Å². The summed E-state index contributed by atoms with van der Waals surface area (Å²) < 4.78 is 33.1. The molecule has 0 spiro atoms. The average molecular weight is 675 g/mol. The Bertz CT molecular complexity index is 1550. The van der Waals surface area contributed by atoms with Crippen molar-refractivity contribution < 1.29 is 23.1 Å². The maximum absolute atomic E-state index is 6.78. The second-order valence-corrected chi connectivity index (χ2v) is 18.2. The molecule has 2 N–H and O–H groups in total. The zero-order valence-corrected chi connectivity index (χ0v) is 31.5. The van der Waals surface area contributed by atoms with Crippen molar-refractivity contribution in [2.45, 2.75) is 109 Å². The van der Waals surface area contributed by atoms with E-state index in [1.165, 1.54) is 21.9 Å². The fourth-order valence-electron chi connectivity index (χ4n) is 5.39. The number of fused-ring (bicyclic) bond motifs is 2. The maximum Gasteiger partial charge on any atom is 0.237 e. The molecule has 0 saturated carbocycles. The minimum atomic E-state index is -0.501. The third-order valence-electron chi connectivity index (χ3n) is 10.1. The van der Waals surface area contributed by atoms with E-state index in [2.05, 4.69) is 126 Å². The normalized spacial score (nSPS) is 21.1. The Labute approximate surface area is 286 Å². The summed E-state index contributed by atoms with van der Waals surface area (Å²) >= 11 is 0. The number of hydrogen-bond donors (Lipinski definition) is 2. The largest absolute Gasteiger partial charge is 0.411 e. The Hall–Kier alpha value is -2.25. The molecule has 2 aromatic carbocycles. The minimum absolute atomic E-state index is 0.0503. The third-order valence-corrected chi connectivity index (χ3v) is 13.2. The molecule has 4 atom stereocenters. The molecule has 1 aliphatic rings. The zero-order chi connectivity index (χ0) is 33.6. The summed E-state index contributed by atoms with van der Waals surface area (Å²) in [7, 11) is 0.662. The van der Waals surface area contributed by atoms with Gasteiger partial charge in [0.15, 0.2) is 6.29 Å². The molecule has 4 radical (unpaired) electrons. The van der Waals surface area contributed by atoms with Crippen molar-refractivity contribution in [2.75, 3.05) is 19.8 Å². The van der Waals surface area contributed by atoms with Gasteiger partial charge < -0.3 is 33.0 Å². The predicted molar refractivity (Wildman–Crippen MR) is 193 cm³/mol. The number of aromatic nitrogens is 2. The molecule has 0 amide bonds. The molecule has 1 aliphatic heterocycles. The standard InChI is InChI=1S/C38H54N2O5Si2/c1-25(2)37(5,6)46-44-33-21-34(45-47-38(7,8)26(3)4)36(42-20-18-28-23-40-32-16-12-10-14-30(28)32)43-35(33)24-41-19-17-27-22-39-31-15-11-9-13-29(27)31/h9-16,22-23,25-26,33-36,39-40H,17-21,24H2,1-8H3/t33-,34+,35+,36-/m0/s1. The van der Waals surface area contributed by atoms with Crippen LogP contribution < -0.4 is 0 Å². The Morgan fingerprint density at radius 2 is 1.26 bits per heavy atom. The number of nitrogens with one attached hydrogen (secondary N) is 2. The van der Waals surface area contributed by atoms with Gasteiger partial charge in [0.25, 0.3) is 0 Å². The molecule has 0 bridgehead atoms. The van der Waals surface area contributed by atoms with Gasteiger partial charge in [-0.2, -0.15) is 0 Å². The summed E-state index contributed by atoms with van der Waals surface area (Å²) in [6.07, 6.45) is 5.35. The van der Waals surface area contributed by atoms with Crippen LogP contribution >= 0.6 is 0 Å². The molecular weight excluding hydrogens is 621 g/mol. The molecule has 47 heavy (non-hydrogen) atoms. The average Bonchev–Trinajstić information content (AvgIpc) is 3.66. The van der Waals surface area contributed by atoms with E-state index in [9.17, 15) is 0 Å². The summed E-state index contributed by atoms with van der Waals surface area (Å²) in [5.41, 5.74) is 4.80. The summed E-state index contributed by atoms with van der Waals surface area (Å²) in [5, 5.41) is 2.59. The van der Waals surface area contributed by atoms with Crippen molar-refractivity contribution in [3.8, 4) is 0 Å². The van der Waals surface area contributed by atoms with E-state index in [1.54, 1.807) is 0 Å². The number of H-pyrrole nitrogens is 2. The van der Waals surface area contributed by atoms with Crippen LogP contribution in [0.15, 0.2) is 60.9 Å². The summed E-state index contributed by atoms with van der Waals surface area (Å²) in [4.78, 5) is 6.76. The molecule has 1 fully saturated rings. The van der Waals surface area contributed by atoms with Crippen molar-refractivity contribution in [2.24, 2.45) is 11.8 Å². The van der Waals surface area contributed by atoms with Crippen LogP contribution in [0.25, 0.3) is 21.8 Å². The lowest BCUT2D eigenvalue weighted by molar-refractivity contribution is -0.264. The van der Waals surface area contributed by atoms with Gasteiger partial charge in [-0.25, -0.2) is 0 Å². The minimum Gasteiger partial charge on any atom is -0.411 e. The van der Waals surface area contributed by atoms with Crippen LogP contribution in [0, 0.1) is 11.8 Å². The van der Waals surface area contributed by atoms with Crippen LogP contribution in [-0.2, 0) is 35.9 Å². The van der Waals surface area contributed by atoms with E-state index in [4.69, 9.17) is 23.1 Å². The van der Waals surface area contributed by atoms with Gasteiger partial charge >= 0.3 is 0 Å². The van der Waals surface area contributed by atoms with Crippen LogP contribution in [0.5, 0.6) is 0 Å². The smallest absolute Gasteiger partial charge is 0.237 e. The predicted octanol–water partition coefficient (Wildman–Crippen LogP) is 8.30. The van der Waals surface area contributed by atoms with Crippen molar-refractivity contribution in [1.29, 1.82) is 0 Å². The van der Waals surface area contributed by atoms with E-state index >= 15 is 0 Å². The zero-order valence-electron chi connectivity index (χ0n) is 29.5. The molecule has 7 nitrogen and oxygen atoms in total. The Balaban J connectivity index is 1.28. The first-order valence-corrected chi connectivity index (χ1v) is 19.1. The highest BCUT2D eigenvalue weighted by molar-refractivity contribution is 6.32. The lowest BCUT2D eigenvalue weighted by Gasteiger charge is -2.43. The second-order valence-electron chi connectivity index (χ2n) is 14.7. The summed E-state index contributed by atoms with van der Waals surface area (Å²) in [5.74, 6) is 0.988. The van der Waals surface area contributed by atoms with Crippen LogP contribution in [0.3, 0.4) is 0 Å². The van der Waals surface area contributed by atoms with Gasteiger partial charge in [-0.1, -0.05) is 91.8 Å². The number of rotatable bonds is 17. The number of hydrogen-bond acceptors (Lipinski definition) is 5. The van der Waals surface area contributed by atoms with Crippen molar-refractivity contribution in [3.05, 3.63) is 72.1 Å². The van der Waals surface area contributed by atoms with E-state index in [0.717, 1.165) is 23.9 Å². The van der Waals surface area contributed by atoms with E-state index in [-0.39, 0.29) is 28.4 Å². The van der Waals surface area contributed by atoms with Crippen LogP contribution in [0.1, 0.15) is 72.9 Å². The summed E-state index contributed by atoms with van der Waals surface area (Å²) in [6.45, 7) is 19.7. The van der Waals surface area contributed by atoms with Crippen molar-refractivity contribution in [3.63, 3.8) is 0 Å². The van der Waals surface area contributed by atoms with Crippen LogP contribution in [-0.4, -0.2) is 73.9 Å². The monoisotopic (exact) mass is 674 g/mol.